The lowest BCUT2D eigenvalue weighted by Gasteiger charge is -2.12. The van der Waals surface area contributed by atoms with Crippen LogP contribution in [0.15, 0.2) is 30.3 Å². The van der Waals surface area contributed by atoms with Crippen LogP contribution in [0.4, 0.5) is 0 Å². The van der Waals surface area contributed by atoms with Crippen molar-refractivity contribution in [2.24, 2.45) is 5.73 Å². The van der Waals surface area contributed by atoms with Gasteiger partial charge in [0.05, 0.1) is 14.2 Å². The summed E-state index contributed by atoms with van der Waals surface area (Å²) in [5.41, 5.74) is 7.39. The summed E-state index contributed by atoms with van der Waals surface area (Å²) in [6, 6.07) is 10.2. The van der Waals surface area contributed by atoms with Crippen molar-refractivity contribution in [2.45, 2.75) is 19.4 Å². The summed E-state index contributed by atoms with van der Waals surface area (Å²) >= 11 is 1.75. The molecule has 1 heterocycles. The first-order valence-electron chi connectivity index (χ1n) is 6.17. The molecule has 2 aromatic rings. The Kier molecular flexibility index (Phi) is 4.45. The second kappa shape index (κ2) is 6.08. The minimum Gasteiger partial charge on any atom is -0.493 e. The second-order valence-corrected chi connectivity index (χ2v) is 5.77. The van der Waals surface area contributed by atoms with E-state index < -0.39 is 0 Å². The molecule has 0 fully saturated rings. The van der Waals surface area contributed by atoms with E-state index in [4.69, 9.17) is 15.2 Å². The van der Waals surface area contributed by atoms with Gasteiger partial charge in [0, 0.05) is 15.8 Å². The first kappa shape index (κ1) is 13.9. The van der Waals surface area contributed by atoms with Crippen LogP contribution in [0.25, 0.3) is 0 Å². The van der Waals surface area contributed by atoms with Crippen molar-refractivity contribution in [3.8, 4) is 11.5 Å². The van der Waals surface area contributed by atoms with Gasteiger partial charge in [0.2, 0.25) is 0 Å². The van der Waals surface area contributed by atoms with Gasteiger partial charge >= 0.3 is 0 Å². The van der Waals surface area contributed by atoms with Gasteiger partial charge in [-0.3, -0.25) is 0 Å². The lowest BCUT2D eigenvalue weighted by atomic mass is 10.0. The molecule has 19 heavy (non-hydrogen) atoms. The third-order valence-electron chi connectivity index (χ3n) is 3.03. The van der Waals surface area contributed by atoms with Crippen LogP contribution >= 0.6 is 11.3 Å². The zero-order valence-corrected chi connectivity index (χ0v) is 12.3. The number of thiophene rings is 1. The van der Waals surface area contributed by atoms with E-state index in [0.29, 0.717) is 0 Å². The van der Waals surface area contributed by atoms with Crippen LogP contribution in [0.1, 0.15) is 21.4 Å². The Balaban J connectivity index is 2.14. The minimum absolute atomic E-state index is 0.0248. The van der Waals surface area contributed by atoms with Crippen LogP contribution in [0, 0.1) is 6.92 Å². The predicted molar refractivity (Wildman–Crippen MR) is 79.2 cm³/mol. The number of benzene rings is 1. The normalized spacial score (nSPS) is 12.2. The van der Waals surface area contributed by atoms with E-state index >= 15 is 0 Å². The van der Waals surface area contributed by atoms with Crippen molar-refractivity contribution >= 4 is 11.3 Å². The highest BCUT2D eigenvalue weighted by molar-refractivity contribution is 7.12. The molecule has 1 aromatic heterocycles. The molecule has 0 saturated carbocycles. The van der Waals surface area contributed by atoms with E-state index in [1.807, 2.05) is 18.2 Å². The van der Waals surface area contributed by atoms with E-state index in [1.165, 1.54) is 9.75 Å². The number of aryl methyl sites for hydroxylation is 1. The van der Waals surface area contributed by atoms with Crippen molar-refractivity contribution in [3.05, 3.63) is 45.6 Å². The Hall–Kier alpha value is -1.52. The average molecular weight is 277 g/mol. The summed E-state index contributed by atoms with van der Waals surface area (Å²) in [5.74, 6) is 1.49. The van der Waals surface area contributed by atoms with Gasteiger partial charge in [-0.15, -0.1) is 11.3 Å². The lowest BCUT2D eigenvalue weighted by molar-refractivity contribution is 0.354. The van der Waals surface area contributed by atoms with Crippen LogP contribution in [0.5, 0.6) is 11.5 Å². The van der Waals surface area contributed by atoms with Gasteiger partial charge in [-0.05, 0) is 43.2 Å². The quantitative estimate of drug-likeness (QED) is 0.912. The molecule has 0 spiro atoms. The molecule has 2 N–H and O–H groups in total. The monoisotopic (exact) mass is 277 g/mol. The summed E-state index contributed by atoms with van der Waals surface area (Å²) in [6.07, 6.45) is 0.792. The summed E-state index contributed by atoms with van der Waals surface area (Å²) in [4.78, 5) is 2.50. The fourth-order valence-electron chi connectivity index (χ4n) is 2.01. The zero-order chi connectivity index (χ0) is 13.8. The lowest BCUT2D eigenvalue weighted by Crippen LogP contribution is -2.11. The molecule has 0 amide bonds. The minimum atomic E-state index is 0.0248. The molecule has 4 heteroatoms. The molecule has 0 aliphatic carbocycles. The van der Waals surface area contributed by atoms with Gasteiger partial charge in [0.15, 0.2) is 11.5 Å². The second-order valence-electron chi connectivity index (χ2n) is 4.45. The van der Waals surface area contributed by atoms with E-state index in [9.17, 15) is 0 Å². The number of rotatable bonds is 5. The molecule has 2 rings (SSSR count). The Bertz CT molecular complexity index is 551. The fourth-order valence-corrected chi connectivity index (χ4v) is 2.89. The van der Waals surface area contributed by atoms with E-state index in [0.717, 1.165) is 23.5 Å². The van der Waals surface area contributed by atoms with Gasteiger partial charge in [0.1, 0.15) is 0 Å². The third-order valence-corrected chi connectivity index (χ3v) is 4.16. The molecule has 0 radical (unpaired) electrons. The van der Waals surface area contributed by atoms with Crippen molar-refractivity contribution < 1.29 is 9.47 Å². The van der Waals surface area contributed by atoms with Crippen molar-refractivity contribution in [2.75, 3.05) is 14.2 Å². The first-order chi connectivity index (χ1) is 9.13. The highest BCUT2D eigenvalue weighted by atomic mass is 32.1. The standard InChI is InChI=1S/C15H19NO2S/c1-10-4-7-15(19-10)12(16)8-11-5-6-13(17-2)14(9-11)18-3/h4-7,9,12H,8,16H2,1-3H3. The zero-order valence-electron chi connectivity index (χ0n) is 11.5. The Morgan fingerprint density at radius 1 is 1.11 bits per heavy atom. The van der Waals surface area contributed by atoms with Gasteiger partial charge in [-0.25, -0.2) is 0 Å². The first-order valence-corrected chi connectivity index (χ1v) is 6.98. The van der Waals surface area contributed by atoms with Crippen LogP contribution in [0.2, 0.25) is 0 Å². The molecular formula is C15H19NO2S. The number of methoxy groups -OCH3 is 2. The fraction of sp³-hybridized carbons (Fsp3) is 0.333. The van der Waals surface area contributed by atoms with Gasteiger partial charge < -0.3 is 15.2 Å². The SMILES string of the molecule is COc1ccc(CC(N)c2ccc(C)s2)cc1OC. The molecule has 1 unspecified atom stereocenters. The van der Waals surface area contributed by atoms with Crippen LogP contribution in [-0.2, 0) is 6.42 Å². The van der Waals surface area contributed by atoms with Crippen LogP contribution < -0.4 is 15.2 Å². The highest BCUT2D eigenvalue weighted by Crippen LogP contribution is 2.30. The van der Waals surface area contributed by atoms with E-state index in [-0.39, 0.29) is 6.04 Å². The van der Waals surface area contributed by atoms with Gasteiger partial charge in [-0.2, -0.15) is 0 Å². The third kappa shape index (κ3) is 3.28. The summed E-state index contributed by atoms with van der Waals surface area (Å²) in [6.45, 7) is 2.09. The summed E-state index contributed by atoms with van der Waals surface area (Å²) in [5, 5.41) is 0. The molecule has 0 aliphatic rings. The molecule has 1 aromatic carbocycles. The Labute approximate surface area is 118 Å². The van der Waals surface area contributed by atoms with Crippen LogP contribution in [-0.4, -0.2) is 14.2 Å². The number of nitrogens with two attached hydrogens (primary N) is 1. The predicted octanol–water partition coefficient (Wildman–Crippen LogP) is 3.32. The van der Waals surface area contributed by atoms with E-state index in [1.54, 1.807) is 25.6 Å². The number of hydrogen-bond donors (Lipinski definition) is 1. The number of ether oxygens (including phenoxy) is 2. The molecular weight excluding hydrogens is 258 g/mol. The maximum atomic E-state index is 6.24. The molecule has 0 saturated heterocycles. The summed E-state index contributed by atoms with van der Waals surface area (Å²) in [7, 11) is 3.28. The highest BCUT2D eigenvalue weighted by Gasteiger charge is 2.11. The maximum absolute atomic E-state index is 6.24. The topological polar surface area (TPSA) is 44.5 Å². The van der Waals surface area contributed by atoms with Crippen molar-refractivity contribution in [1.82, 2.24) is 0 Å². The van der Waals surface area contributed by atoms with Crippen molar-refractivity contribution in [1.29, 1.82) is 0 Å². The van der Waals surface area contributed by atoms with Crippen LogP contribution in [0.3, 0.4) is 0 Å². The van der Waals surface area contributed by atoms with E-state index in [2.05, 4.69) is 19.1 Å². The molecule has 0 bridgehead atoms. The summed E-state index contributed by atoms with van der Waals surface area (Å²) < 4.78 is 10.5. The van der Waals surface area contributed by atoms with Crippen molar-refractivity contribution in [3.63, 3.8) is 0 Å². The molecule has 3 nitrogen and oxygen atoms in total. The smallest absolute Gasteiger partial charge is 0.160 e. The van der Waals surface area contributed by atoms with Gasteiger partial charge in [0.25, 0.3) is 0 Å². The molecule has 102 valence electrons. The maximum Gasteiger partial charge on any atom is 0.160 e. The molecule has 0 aliphatic heterocycles. The number of hydrogen-bond acceptors (Lipinski definition) is 4. The molecule has 1 atom stereocenters. The largest absolute Gasteiger partial charge is 0.493 e. The Morgan fingerprint density at radius 2 is 1.84 bits per heavy atom. The van der Waals surface area contributed by atoms with Gasteiger partial charge in [-0.1, -0.05) is 6.07 Å². The Morgan fingerprint density at radius 3 is 2.42 bits per heavy atom. The average Bonchev–Trinajstić information content (AvgIpc) is 2.85.